The lowest BCUT2D eigenvalue weighted by atomic mass is 9.42. The molecule has 8 atom stereocenters. The molecule has 5 rings (SSSR count). The molecule has 7 heteroatoms. The molecule has 2 saturated heterocycles. The quantitative estimate of drug-likeness (QED) is 0.663. The summed E-state index contributed by atoms with van der Waals surface area (Å²) in [7, 11) is 0. The third kappa shape index (κ3) is 1.93. The summed E-state index contributed by atoms with van der Waals surface area (Å²) in [6, 6.07) is 1.78. The number of carbonyl (C=O) groups is 1. The Hall–Kier alpha value is -1.41. The van der Waals surface area contributed by atoms with Gasteiger partial charge >= 0.3 is 5.97 Å². The van der Waals surface area contributed by atoms with Gasteiger partial charge in [0.25, 0.3) is 0 Å². The first-order valence-electron chi connectivity index (χ1n) is 9.75. The summed E-state index contributed by atoms with van der Waals surface area (Å²) in [4.78, 5) is 13.3. The summed E-state index contributed by atoms with van der Waals surface area (Å²) in [5.41, 5.74) is -2.47. The van der Waals surface area contributed by atoms with Crippen molar-refractivity contribution in [3.63, 3.8) is 0 Å². The van der Waals surface area contributed by atoms with E-state index in [0.717, 1.165) is 5.56 Å². The van der Waals surface area contributed by atoms with Crippen molar-refractivity contribution in [2.45, 2.75) is 56.5 Å². The molecule has 0 aromatic carbocycles. The van der Waals surface area contributed by atoms with E-state index in [1.54, 1.807) is 18.6 Å². The Kier molecular flexibility index (Phi) is 3.64. The molecular formula is C20H26O7. The zero-order chi connectivity index (χ0) is 19.0. The van der Waals surface area contributed by atoms with Gasteiger partial charge in [-0.2, -0.15) is 0 Å². The standard InChI is InChI=1S/C20H26O7/c1-11-6-15-20(9-21)16(13(22)2-4-18(20,24)10-26-15)19(11)7-14(27-17(19)23)12-3-5-25-8-12/h3,5,8,11,13-16,21-22,24H,2,4,6-7,9-10H2,1H3/t11-,13-,14-,15+,16-,18+,19-,20-/m1/s1. The highest BCUT2D eigenvalue weighted by Gasteiger charge is 2.77. The van der Waals surface area contributed by atoms with E-state index in [0.29, 0.717) is 25.7 Å². The van der Waals surface area contributed by atoms with Crippen molar-refractivity contribution in [2.75, 3.05) is 13.2 Å². The van der Waals surface area contributed by atoms with Crippen LogP contribution in [0.2, 0.25) is 0 Å². The van der Waals surface area contributed by atoms with Crippen LogP contribution in [0.15, 0.2) is 23.0 Å². The molecule has 2 aliphatic heterocycles. The summed E-state index contributed by atoms with van der Waals surface area (Å²) in [5.74, 6) is -1.08. The van der Waals surface area contributed by atoms with Crippen LogP contribution >= 0.6 is 0 Å². The molecule has 3 N–H and O–H groups in total. The summed E-state index contributed by atoms with van der Waals surface area (Å²) < 4.78 is 16.9. The molecule has 0 bridgehead atoms. The number of esters is 1. The predicted molar refractivity (Wildman–Crippen MR) is 91.3 cm³/mol. The Balaban J connectivity index is 1.65. The number of hydrogen-bond donors (Lipinski definition) is 3. The van der Waals surface area contributed by atoms with E-state index >= 15 is 0 Å². The first-order valence-corrected chi connectivity index (χ1v) is 9.75. The third-order valence-corrected chi connectivity index (χ3v) is 8.09. The van der Waals surface area contributed by atoms with Crippen LogP contribution in [0, 0.1) is 22.7 Å². The summed E-state index contributed by atoms with van der Waals surface area (Å²) in [6.45, 7) is 1.79. The third-order valence-electron chi connectivity index (χ3n) is 8.09. The van der Waals surface area contributed by atoms with E-state index in [1.807, 2.05) is 6.92 Å². The molecule has 0 unspecified atom stereocenters. The van der Waals surface area contributed by atoms with E-state index in [1.165, 1.54) is 0 Å². The second-order valence-corrected chi connectivity index (χ2v) is 8.95. The number of furan rings is 1. The Labute approximate surface area is 157 Å². The smallest absolute Gasteiger partial charge is 0.313 e. The van der Waals surface area contributed by atoms with E-state index in [2.05, 4.69) is 0 Å². The van der Waals surface area contributed by atoms with Crippen LogP contribution in [-0.2, 0) is 14.3 Å². The fourth-order valence-corrected chi connectivity index (χ4v) is 6.75. The lowest BCUT2D eigenvalue weighted by Crippen LogP contribution is -2.71. The fraction of sp³-hybridized carbons (Fsp3) is 0.750. The van der Waals surface area contributed by atoms with Gasteiger partial charge in [-0.15, -0.1) is 0 Å². The molecule has 3 heterocycles. The lowest BCUT2D eigenvalue weighted by Gasteiger charge is -2.62. The van der Waals surface area contributed by atoms with Crippen molar-refractivity contribution in [1.82, 2.24) is 0 Å². The van der Waals surface area contributed by atoms with Gasteiger partial charge in [-0.05, 0) is 31.2 Å². The average Bonchev–Trinajstić information content (AvgIpc) is 3.34. The molecular weight excluding hydrogens is 352 g/mol. The molecule has 1 aromatic heterocycles. The topological polar surface area (TPSA) is 109 Å². The van der Waals surface area contributed by atoms with Crippen LogP contribution in [0.25, 0.3) is 0 Å². The number of aliphatic hydroxyl groups excluding tert-OH is 2. The van der Waals surface area contributed by atoms with Crippen LogP contribution in [0.1, 0.15) is 44.3 Å². The molecule has 7 nitrogen and oxygen atoms in total. The number of aliphatic hydroxyl groups is 3. The summed E-state index contributed by atoms with van der Waals surface area (Å²) >= 11 is 0. The van der Waals surface area contributed by atoms with Crippen LogP contribution < -0.4 is 0 Å². The number of carbonyl (C=O) groups excluding carboxylic acids is 1. The largest absolute Gasteiger partial charge is 0.472 e. The fourth-order valence-electron chi connectivity index (χ4n) is 6.75. The highest BCUT2D eigenvalue weighted by molar-refractivity contribution is 5.81. The van der Waals surface area contributed by atoms with Crippen LogP contribution in [0.5, 0.6) is 0 Å². The van der Waals surface area contributed by atoms with Crippen molar-refractivity contribution < 1.29 is 34.0 Å². The number of fused-ring (bicyclic) bond motifs is 1. The van der Waals surface area contributed by atoms with E-state index in [9.17, 15) is 20.1 Å². The number of hydrogen-bond acceptors (Lipinski definition) is 7. The normalized spacial score (nSPS) is 51.4. The number of ether oxygens (including phenoxy) is 2. The molecule has 4 fully saturated rings. The van der Waals surface area contributed by atoms with Crippen LogP contribution in [-0.4, -0.2) is 52.3 Å². The van der Waals surface area contributed by atoms with Crippen LogP contribution in [0.4, 0.5) is 0 Å². The van der Waals surface area contributed by atoms with Crippen molar-refractivity contribution in [1.29, 1.82) is 0 Å². The second-order valence-electron chi connectivity index (χ2n) is 8.95. The van der Waals surface area contributed by atoms with E-state index in [4.69, 9.17) is 13.9 Å². The van der Waals surface area contributed by atoms with Gasteiger partial charge in [-0.3, -0.25) is 4.79 Å². The molecule has 2 aliphatic carbocycles. The first-order chi connectivity index (χ1) is 12.9. The van der Waals surface area contributed by atoms with Gasteiger partial charge in [0.1, 0.15) is 6.10 Å². The van der Waals surface area contributed by atoms with Gasteiger partial charge < -0.3 is 29.2 Å². The Morgan fingerprint density at radius 3 is 2.89 bits per heavy atom. The minimum Gasteiger partial charge on any atom is -0.472 e. The van der Waals surface area contributed by atoms with Crippen molar-refractivity contribution in [3.05, 3.63) is 24.2 Å². The molecule has 1 spiro atoms. The molecule has 2 saturated carbocycles. The highest BCUT2D eigenvalue weighted by Crippen LogP contribution is 2.69. The SMILES string of the molecule is C[C@@H]1C[C@@H]2OC[C@@]3(O)CC[C@@H](O)[C@H]([C@@]14C[C@H](c1ccoc1)OC4=O)[C@@]23CO. The lowest BCUT2D eigenvalue weighted by molar-refractivity contribution is -0.243. The molecule has 27 heavy (non-hydrogen) atoms. The molecule has 0 amide bonds. The van der Waals surface area contributed by atoms with Gasteiger partial charge in [0.05, 0.1) is 54.4 Å². The van der Waals surface area contributed by atoms with Gasteiger partial charge in [0.2, 0.25) is 0 Å². The maximum Gasteiger partial charge on any atom is 0.313 e. The Morgan fingerprint density at radius 2 is 2.19 bits per heavy atom. The van der Waals surface area contributed by atoms with Crippen molar-refractivity contribution >= 4 is 5.97 Å². The number of cyclic esters (lactones) is 1. The molecule has 0 radical (unpaired) electrons. The van der Waals surface area contributed by atoms with Gasteiger partial charge in [-0.25, -0.2) is 0 Å². The van der Waals surface area contributed by atoms with E-state index < -0.39 is 34.6 Å². The predicted octanol–water partition coefficient (Wildman–Crippen LogP) is 1.17. The minimum absolute atomic E-state index is 0.105. The zero-order valence-corrected chi connectivity index (χ0v) is 15.3. The molecule has 1 aromatic rings. The first kappa shape index (κ1) is 17.7. The van der Waals surface area contributed by atoms with E-state index in [-0.39, 0.29) is 31.2 Å². The van der Waals surface area contributed by atoms with Gasteiger partial charge in [-0.1, -0.05) is 6.92 Å². The number of rotatable bonds is 2. The maximum atomic E-state index is 13.3. The second kappa shape index (κ2) is 5.56. The maximum absolute atomic E-state index is 13.3. The van der Waals surface area contributed by atoms with Crippen LogP contribution in [0.3, 0.4) is 0 Å². The van der Waals surface area contributed by atoms with Gasteiger partial charge in [0, 0.05) is 17.9 Å². The average molecular weight is 378 g/mol. The Morgan fingerprint density at radius 1 is 1.37 bits per heavy atom. The monoisotopic (exact) mass is 378 g/mol. The molecule has 4 aliphatic rings. The van der Waals surface area contributed by atoms with Crippen molar-refractivity contribution in [3.8, 4) is 0 Å². The summed E-state index contributed by atoms with van der Waals surface area (Å²) in [6.07, 6.45) is 3.15. The van der Waals surface area contributed by atoms with Gasteiger partial charge in [0.15, 0.2) is 0 Å². The minimum atomic E-state index is -1.24. The zero-order valence-electron chi connectivity index (χ0n) is 15.3. The Bertz CT molecular complexity index is 748. The molecule has 148 valence electrons. The summed E-state index contributed by atoms with van der Waals surface area (Å²) in [5, 5.41) is 32.9. The van der Waals surface area contributed by atoms with Crippen molar-refractivity contribution in [2.24, 2.45) is 22.7 Å². The highest BCUT2D eigenvalue weighted by atomic mass is 16.6.